The summed E-state index contributed by atoms with van der Waals surface area (Å²) in [5.74, 6) is -0.602. The molecule has 2 N–H and O–H groups in total. The highest BCUT2D eigenvalue weighted by atomic mass is 19.4. The fourth-order valence-electron chi connectivity index (χ4n) is 2.51. The van der Waals surface area contributed by atoms with Crippen molar-refractivity contribution >= 4 is 5.91 Å². The summed E-state index contributed by atoms with van der Waals surface area (Å²) in [6, 6.07) is -0.578. The molecule has 4 nitrogen and oxygen atoms in total. The lowest BCUT2D eigenvalue weighted by Crippen LogP contribution is -2.51. The van der Waals surface area contributed by atoms with Crippen molar-refractivity contribution in [3.8, 4) is 0 Å². The third-order valence-electron chi connectivity index (χ3n) is 4.33. The van der Waals surface area contributed by atoms with Crippen LogP contribution in [0.2, 0.25) is 0 Å². The minimum Gasteiger partial charge on any atom is -0.396 e. The van der Waals surface area contributed by atoms with Crippen LogP contribution in [0, 0.1) is 5.41 Å². The first-order valence-electron chi connectivity index (χ1n) is 6.92. The van der Waals surface area contributed by atoms with Crippen LogP contribution in [-0.2, 0) is 4.79 Å². The summed E-state index contributed by atoms with van der Waals surface area (Å²) >= 11 is 0. The summed E-state index contributed by atoms with van der Waals surface area (Å²) in [5.41, 5.74) is -0.0985. The molecule has 0 aliphatic carbocycles. The van der Waals surface area contributed by atoms with Gasteiger partial charge >= 0.3 is 6.18 Å². The van der Waals surface area contributed by atoms with Gasteiger partial charge in [-0.25, -0.2) is 0 Å². The Labute approximate surface area is 117 Å². The van der Waals surface area contributed by atoms with Crippen molar-refractivity contribution in [3.05, 3.63) is 0 Å². The summed E-state index contributed by atoms with van der Waals surface area (Å²) in [7, 11) is 0. The summed E-state index contributed by atoms with van der Waals surface area (Å²) in [6.07, 6.45) is -1.99. The number of alkyl halides is 3. The van der Waals surface area contributed by atoms with Crippen molar-refractivity contribution in [1.82, 2.24) is 10.2 Å². The maximum absolute atomic E-state index is 12.1. The Morgan fingerprint density at radius 3 is 2.35 bits per heavy atom. The number of carbonyl (C=O) groups is 1. The van der Waals surface area contributed by atoms with E-state index in [1.807, 2.05) is 17.1 Å². The average Bonchev–Trinajstić information content (AvgIpc) is 2.43. The Hall–Kier alpha value is -0.820. The van der Waals surface area contributed by atoms with Crippen LogP contribution < -0.4 is 5.32 Å². The second-order valence-electron chi connectivity index (χ2n) is 5.56. The van der Waals surface area contributed by atoms with E-state index in [4.69, 9.17) is 0 Å². The lowest BCUT2D eigenvalue weighted by molar-refractivity contribution is -0.141. The number of hydrogen-bond donors (Lipinski definition) is 2. The third-order valence-corrected chi connectivity index (χ3v) is 4.33. The van der Waals surface area contributed by atoms with E-state index >= 15 is 0 Å². The Kier molecular flexibility index (Phi) is 5.82. The molecule has 0 aromatic rings. The first-order valence-corrected chi connectivity index (χ1v) is 6.92. The van der Waals surface area contributed by atoms with Gasteiger partial charge in [-0.2, -0.15) is 13.2 Å². The van der Waals surface area contributed by atoms with Gasteiger partial charge in [-0.05, 0) is 44.7 Å². The Balaban J connectivity index is 2.46. The van der Waals surface area contributed by atoms with Crippen LogP contribution in [0.3, 0.4) is 0 Å². The van der Waals surface area contributed by atoms with Gasteiger partial charge < -0.3 is 10.4 Å². The number of aliphatic hydroxyl groups excluding tert-OH is 1. The SMILES string of the molecule is CCC1(CO)CCN(C(C)C(=O)NCC(F)(F)F)CC1. The van der Waals surface area contributed by atoms with E-state index in [0.717, 1.165) is 19.3 Å². The van der Waals surface area contributed by atoms with Crippen molar-refractivity contribution in [2.24, 2.45) is 5.41 Å². The number of aliphatic hydroxyl groups is 1. The van der Waals surface area contributed by atoms with Gasteiger partial charge in [0.25, 0.3) is 0 Å². The molecule has 1 atom stereocenters. The van der Waals surface area contributed by atoms with Crippen LogP contribution in [0.25, 0.3) is 0 Å². The maximum atomic E-state index is 12.1. The van der Waals surface area contributed by atoms with Crippen LogP contribution in [0.1, 0.15) is 33.1 Å². The smallest absolute Gasteiger partial charge is 0.396 e. The largest absolute Gasteiger partial charge is 0.405 e. The predicted molar refractivity (Wildman–Crippen MR) is 69.1 cm³/mol. The van der Waals surface area contributed by atoms with E-state index in [-0.39, 0.29) is 12.0 Å². The quantitative estimate of drug-likeness (QED) is 0.809. The molecule has 7 heteroatoms. The van der Waals surface area contributed by atoms with Gasteiger partial charge in [0.1, 0.15) is 6.54 Å². The summed E-state index contributed by atoms with van der Waals surface area (Å²) in [5, 5.41) is 11.3. The van der Waals surface area contributed by atoms with Gasteiger partial charge in [0.05, 0.1) is 6.04 Å². The van der Waals surface area contributed by atoms with Crippen LogP contribution >= 0.6 is 0 Å². The lowest BCUT2D eigenvalue weighted by atomic mass is 9.76. The highest BCUT2D eigenvalue weighted by molar-refractivity contribution is 5.81. The van der Waals surface area contributed by atoms with E-state index in [0.29, 0.717) is 13.1 Å². The molecule has 1 aliphatic heterocycles. The summed E-state index contributed by atoms with van der Waals surface area (Å²) in [6.45, 7) is 3.70. The van der Waals surface area contributed by atoms with Crippen LogP contribution in [-0.4, -0.2) is 54.4 Å². The molecule has 0 aromatic carbocycles. The number of halogens is 3. The van der Waals surface area contributed by atoms with Gasteiger partial charge in [0.2, 0.25) is 5.91 Å². The van der Waals surface area contributed by atoms with Crippen molar-refractivity contribution in [1.29, 1.82) is 0 Å². The average molecular weight is 296 g/mol. The first kappa shape index (κ1) is 17.2. The summed E-state index contributed by atoms with van der Waals surface area (Å²) < 4.78 is 36.2. The minimum atomic E-state index is -4.38. The second-order valence-corrected chi connectivity index (χ2v) is 5.56. The molecule has 118 valence electrons. The van der Waals surface area contributed by atoms with Crippen molar-refractivity contribution in [2.45, 2.75) is 45.3 Å². The van der Waals surface area contributed by atoms with Gasteiger partial charge in [0, 0.05) is 6.61 Å². The van der Waals surface area contributed by atoms with Gasteiger partial charge in [0.15, 0.2) is 0 Å². The van der Waals surface area contributed by atoms with Gasteiger partial charge in [-0.3, -0.25) is 9.69 Å². The fraction of sp³-hybridized carbons (Fsp3) is 0.923. The second kappa shape index (κ2) is 6.76. The number of amides is 1. The van der Waals surface area contributed by atoms with Crippen molar-refractivity contribution < 1.29 is 23.1 Å². The van der Waals surface area contributed by atoms with E-state index in [2.05, 4.69) is 0 Å². The third kappa shape index (κ3) is 4.63. The molecule has 0 radical (unpaired) electrons. The highest BCUT2D eigenvalue weighted by Crippen LogP contribution is 2.34. The van der Waals surface area contributed by atoms with E-state index in [9.17, 15) is 23.1 Å². The molecule has 1 heterocycles. The van der Waals surface area contributed by atoms with E-state index in [1.54, 1.807) is 6.92 Å². The number of piperidine rings is 1. The minimum absolute atomic E-state index is 0.0985. The zero-order valence-electron chi connectivity index (χ0n) is 12.0. The number of carbonyl (C=O) groups excluding carboxylic acids is 1. The Morgan fingerprint density at radius 2 is 1.95 bits per heavy atom. The summed E-state index contributed by atoms with van der Waals surface area (Å²) in [4.78, 5) is 13.6. The molecule has 0 saturated carbocycles. The van der Waals surface area contributed by atoms with E-state index in [1.165, 1.54) is 0 Å². The van der Waals surface area contributed by atoms with E-state index < -0.39 is 24.7 Å². The standard InChI is InChI=1S/C13H23F3N2O2/c1-3-12(9-19)4-6-18(7-5-12)10(2)11(20)17-8-13(14,15)16/h10,19H,3-9H2,1-2H3,(H,17,20). The van der Waals surface area contributed by atoms with Crippen LogP contribution in [0.5, 0.6) is 0 Å². The normalized spacial score (nSPS) is 21.5. The monoisotopic (exact) mass is 296 g/mol. The first-order chi connectivity index (χ1) is 9.23. The molecule has 1 amide bonds. The molecule has 0 spiro atoms. The Morgan fingerprint density at radius 1 is 1.40 bits per heavy atom. The number of hydrogen-bond acceptors (Lipinski definition) is 3. The molecule has 1 aliphatic rings. The van der Waals surface area contributed by atoms with Crippen LogP contribution in [0.15, 0.2) is 0 Å². The number of likely N-dealkylation sites (tertiary alicyclic amines) is 1. The molecule has 1 rings (SSSR count). The topological polar surface area (TPSA) is 52.6 Å². The highest BCUT2D eigenvalue weighted by Gasteiger charge is 2.36. The zero-order chi connectivity index (χ0) is 15.4. The molecule has 0 bridgehead atoms. The molecule has 20 heavy (non-hydrogen) atoms. The van der Waals surface area contributed by atoms with Gasteiger partial charge in [-0.15, -0.1) is 0 Å². The lowest BCUT2D eigenvalue weighted by Gasteiger charge is -2.42. The number of nitrogens with zero attached hydrogens (tertiary/aromatic N) is 1. The molecule has 1 unspecified atom stereocenters. The predicted octanol–water partition coefficient (Wildman–Crippen LogP) is 1.54. The Bertz CT molecular complexity index is 320. The maximum Gasteiger partial charge on any atom is 0.405 e. The zero-order valence-corrected chi connectivity index (χ0v) is 12.0. The molecular weight excluding hydrogens is 273 g/mol. The van der Waals surface area contributed by atoms with Crippen LogP contribution in [0.4, 0.5) is 13.2 Å². The number of rotatable bonds is 5. The molecular formula is C13H23F3N2O2. The molecule has 1 fully saturated rings. The number of nitrogens with one attached hydrogen (secondary N) is 1. The molecule has 0 aromatic heterocycles. The molecule has 1 saturated heterocycles. The van der Waals surface area contributed by atoms with Crippen molar-refractivity contribution in [2.75, 3.05) is 26.2 Å². The van der Waals surface area contributed by atoms with Gasteiger partial charge in [-0.1, -0.05) is 6.92 Å². The van der Waals surface area contributed by atoms with Crippen molar-refractivity contribution in [3.63, 3.8) is 0 Å². The fourth-order valence-corrected chi connectivity index (χ4v) is 2.51.